The minimum absolute atomic E-state index is 0.110. The van der Waals surface area contributed by atoms with Crippen LogP contribution in [0.15, 0.2) is 94.8 Å². The van der Waals surface area contributed by atoms with Gasteiger partial charge in [0.15, 0.2) is 0 Å². The van der Waals surface area contributed by atoms with Gasteiger partial charge in [0.25, 0.3) is 0 Å². The fraction of sp³-hybridized carbons (Fsp3) is 0.308. The van der Waals surface area contributed by atoms with Crippen LogP contribution in [0.1, 0.15) is 11.1 Å². The maximum atomic E-state index is 13.2. The van der Waals surface area contributed by atoms with Gasteiger partial charge in [-0.25, -0.2) is 16.8 Å². The van der Waals surface area contributed by atoms with E-state index < -0.39 is 20.0 Å². The second-order valence-corrected chi connectivity index (χ2v) is 13.2. The highest BCUT2D eigenvalue weighted by molar-refractivity contribution is 9.09. The summed E-state index contributed by atoms with van der Waals surface area (Å²) in [5.74, 6) is 0. The van der Waals surface area contributed by atoms with Crippen molar-refractivity contribution in [2.24, 2.45) is 0 Å². The highest BCUT2D eigenvalue weighted by atomic mass is 79.9. The van der Waals surface area contributed by atoms with Gasteiger partial charge in [0.05, 0.1) is 9.79 Å². The van der Waals surface area contributed by atoms with Gasteiger partial charge in [-0.1, -0.05) is 104 Å². The Bertz CT molecular complexity index is 1160. The number of alkyl halides is 2. The number of allylic oxidation sites excluding steroid dienone is 2. The van der Waals surface area contributed by atoms with Gasteiger partial charge in [0.1, 0.15) is 0 Å². The molecule has 0 saturated heterocycles. The average Bonchev–Trinajstić information content (AvgIpc) is 2.84. The molecule has 0 amide bonds. The molecule has 0 unspecified atom stereocenters. The van der Waals surface area contributed by atoms with Crippen LogP contribution >= 0.6 is 31.9 Å². The van der Waals surface area contributed by atoms with Gasteiger partial charge >= 0.3 is 0 Å². The number of hydrogen-bond donors (Lipinski definition) is 0. The summed E-state index contributed by atoms with van der Waals surface area (Å²) in [5.41, 5.74) is 1.95. The number of benzene rings is 2. The predicted octanol–water partition coefficient (Wildman–Crippen LogP) is 5.44. The van der Waals surface area contributed by atoms with Crippen LogP contribution in [0.5, 0.6) is 0 Å². The minimum Gasteiger partial charge on any atom is -0.207 e. The molecule has 0 spiro atoms. The molecule has 0 bridgehead atoms. The third-order valence-electron chi connectivity index (χ3n) is 5.23. The van der Waals surface area contributed by atoms with E-state index in [2.05, 4.69) is 31.9 Å². The molecular weight excluding hydrogens is 628 g/mol. The number of nitrogens with zero attached hydrogens (tertiary/aromatic N) is 2. The van der Waals surface area contributed by atoms with Crippen LogP contribution in [0.2, 0.25) is 0 Å². The maximum Gasteiger partial charge on any atom is 0.243 e. The second-order valence-electron chi connectivity index (χ2n) is 7.99. The smallest absolute Gasteiger partial charge is 0.207 e. The van der Waals surface area contributed by atoms with E-state index in [4.69, 9.17) is 0 Å². The molecule has 0 radical (unpaired) electrons. The summed E-state index contributed by atoms with van der Waals surface area (Å²) in [7, 11) is -7.45. The fourth-order valence-electron chi connectivity index (χ4n) is 3.15. The molecule has 0 aliphatic carbocycles. The van der Waals surface area contributed by atoms with Crippen molar-refractivity contribution in [3.05, 3.63) is 96.1 Å². The lowest BCUT2D eigenvalue weighted by molar-refractivity contribution is 0.465. The van der Waals surface area contributed by atoms with E-state index in [9.17, 15) is 16.8 Å². The Morgan fingerprint density at radius 1 is 0.556 bits per heavy atom. The Kier molecular flexibility index (Phi) is 12.8. The summed E-state index contributed by atoms with van der Waals surface area (Å²) in [4.78, 5) is 0.439. The van der Waals surface area contributed by atoms with Crippen LogP contribution in [-0.2, 0) is 20.0 Å². The summed E-state index contributed by atoms with van der Waals surface area (Å²) < 4.78 is 55.7. The molecule has 2 aromatic rings. The van der Waals surface area contributed by atoms with E-state index in [0.717, 1.165) is 11.1 Å². The Morgan fingerprint density at radius 3 is 1.11 bits per heavy atom. The molecule has 196 valence electrons. The van der Waals surface area contributed by atoms with Crippen molar-refractivity contribution in [2.45, 2.75) is 23.6 Å². The molecule has 0 aromatic heterocycles. The zero-order valence-electron chi connectivity index (χ0n) is 20.4. The minimum atomic E-state index is -3.72. The van der Waals surface area contributed by atoms with E-state index in [1.54, 1.807) is 72.8 Å². The highest BCUT2D eigenvalue weighted by Crippen LogP contribution is 2.18. The zero-order chi connectivity index (χ0) is 26.6. The van der Waals surface area contributed by atoms with Crippen molar-refractivity contribution in [1.29, 1.82) is 0 Å². The average molecular weight is 660 g/mol. The lowest BCUT2D eigenvalue weighted by Gasteiger charge is -2.21. The predicted molar refractivity (Wildman–Crippen MR) is 155 cm³/mol. The number of sulfonamides is 2. The third-order valence-corrected chi connectivity index (χ3v) is 9.67. The van der Waals surface area contributed by atoms with E-state index in [-0.39, 0.29) is 36.0 Å². The van der Waals surface area contributed by atoms with Crippen molar-refractivity contribution < 1.29 is 16.8 Å². The Hall–Kier alpha value is -1.56. The molecule has 0 aliphatic rings. The Balaban J connectivity index is 2.24. The molecule has 0 atom stereocenters. The number of hydrogen-bond acceptors (Lipinski definition) is 4. The monoisotopic (exact) mass is 658 g/mol. The molecule has 0 aliphatic heterocycles. The quantitative estimate of drug-likeness (QED) is 0.200. The molecule has 36 heavy (non-hydrogen) atoms. The molecule has 2 aromatic carbocycles. The van der Waals surface area contributed by atoms with Gasteiger partial charge < -0.3 is 0 Å². The van der Waals surface area contributed by atoms with Gasteiger partial charge in [-0.05, 0) is 38.1 Å². The van der Waals surface area contributed by atoms with Gasteiger partial charge in [0, 0.05) is 36.8 Å². The van der Waals surface area contributed by atoms with Gasteiger partial charge in [-0.3, -0.25) is 0 Å². The van der Waals surface area contributed by atoms with Crippen LogP contribution in [0, 0.1) is 13.8 Å². The van der Waals surface area contributed by atoms with Gasteiger partial charge in [0.2, 0.25) is 20.0 Å². The van der Waals surface area contributed by atoms with E-state index in [1.807, 2.05) is 26.0 Å². The summed E-state index contributed by atoms with van der Waals surface area (Å²) in [6, 6.07) is 13.5. The zero-order valence-corrected chi connectivity index (χ0v) is 25.2. The van der Waals surface area contributed by atoms with E-state index in [0.29, 0.717) is 10.7 Å². The lowest BCUT2D eigenvalue weighted by atomic mass is 10.2. The molecule has 2 rings (SSSR count). The number of halogens is 2. The Labute approximate surface area is 232 Å². The normalized spacial score (nSPS) is 13.2. The molecule has 0 heterocycles. The molecule has 6 nitrogen and oxygen atoms in total. The van der Waals surface area contributed by atoms with E-state index in [1.165, 1.54) is 8.61 Å². The summed E-state index contributed by atoms with van der Waals surface area (Å²) >= 11 is 6.62. The summed E-state index contributed by atoms with van der Waals surface area (Å²) in [5, 5.41) is 1.24. The van der Waals surface area contributed by atoms with Crippen LogP contribution in [0.3, 0.4) is 0 Å². The summed E-state index contributed by atoms with van der Waals surface area (Å²) in [6.07, 6.45) is 10.6. The number of rotatable bonds is 14. The molecule has 0 fully saturated rings. The van der Waals surface area contributed by atoms with Crippen LogP contribution in [0.4, 0.5) is 0 Å². The fourth-order valence-corrected chi connectivity index (χ4v) is 6.37. The molecule has 0 N–H and O–H groups in total. The van der Waals surface area contributed by atoms with Crippen molar-refractivity contribution in [2.75, 3.05) is 36.8 Å². The van der Waals surface area contributed by atoms with Crippen molar-refractivity contribution in [3.63, 3.8) is 0 Å². The maximum absolute atomic E-state index is 13.2. The first-order valence-corrected chi connectivity index (χ1v) is 16.5. The van der Waals surface area contributed by atoms with E-state index >= 15 is 0 Å². The first-order valence-electron chi connectivity index (χ1n) is 11.3. The molecule has 0 saturated carbocycles. The van der Waals surface area contributed by atoms with Crippen molar-refractivity contribution >= 4 is 51.9 Å². The standard InChI is InChI=1S/C26H32Br2N2O4S2/c1-23-9-13-25(14-10-23)35(31,32)29(19-5-3-17-27)21-7-8-22-30(20-6-4-18-28)36(33,34)26-15-11-24(2)12-16-26/h3-16H,17-22H2,1-2H3/b5-3-,6-4+,8-7+. The van der Waals surface area contributed by atoms with Crippen LogP contribution < -0.4 is 0 Å². The largest absolute Gasteiger partial charge is 0.243 e. The van der Waals surface area contributed by atoms with Crippen molar-refractivity contribution in [3.8, 4) is 0 Å². The Morgan fingerprint density at radius 2 is 0.833 bits per heavy atom. The lowest BCUT2D eigenvalue weighted by Crippen LogP contribution is -2.33. The summed E-state index contributed by atoms with van der Waals surface area (Å²) in [6.45, 7) is 4.42. The molecule has 10 heteroatoms. The molecular formula is C26H32Br2N2O4S2. The van der Waals surface area contributed by atoms with Crippen molar-refractivity contribution in [1.82, 2.24) is 8.61 Å². The van der Waals surface area contributed by atoms with Gasteiger partial charge in [-0.15, -0.1) is 0 Å². The SMILES string of the molecule is Cc1ccc(S(=O)(=O)N(C/C=C\CBr)C/C=C/CN(C/C=C/CBr)S(=O)(=O)c2ccc(C)cc2)cc1. The van der Waals surface area contributed by atoms with Crippen LogP contribution in [-0.4, -0.2) is 62.3 Å². The van der Waals surface area contributed by atoms with Gasteiger partial charge in [-0.2, -0.15) is 8.61 Å². The third kappa shape index (κ3) is 9.08. The first kappa shape index (κ1) is 30.7. The second kappa shape index (κ2) is 15.0. The number of aryl methyl sites for hydroxylation is 2. The topological polar surface area (TPSA) is 74.8 Å². The first-order chi connectivity index (χ1) is 17.1. The van der Waals surface area contributed by atoms with Crippen LogP contribution in [0.25, 0.3) is 0 Å². The highest BCUT2D eigenvalue weighted by Gasteiger charge is 2.24.